The van der Waals surface area contributed by atoms with Crippen molar-refractivity contribution in [1.82, 2.24) is 14.9 Å². The van der Waals surface area contributed by atoms with E-state index in [0.29, 0.717) is 6.42 Å². The highest BCUT2D eigenvalue weighted by Gasteiger charge is 2.19. The Hall–Kier alpha value is -2.53. The maximum Gasteiger partial charge on any atom is 0.219 e. The topological polar surface area (TPSA) is 46.9 Å². The number of carbonyl (C=O) groups is 1. The molecule has 0 aliphatic rings. The molecule has 3 aromatic rings. The third kappa shape index (κ3) is 6.73. The van der Waals surface area contributed by atoms with Crippen LogP contribution in [-0.2, 0) is 11.3 Å². The van der Waals surface area contributed by atoms with Gasteiger partial charge >= 0.3 is 0 Å². The Kier molecular flexibility index (Phi) is 9.89. The molecule has 0 bridgehead atoms. The molecule has 1 heterocycles. The lowest BCUT2D eigenvalue weighted by molar-refractivity contribution is -0.121. The molecule has 0 unspecified atom stereocenters. The first-order valence-corrected chi connectivity index (χ1v) is 12.8. The highest BCUT2D eigenvalue weighted by atomic mass is 32.2. The normalized spacial score (nSPS) is 10.9. The lowest BCUT2D eigenvalue weighted by Gasteiger charge is -2.12. The summed E-state index contributed by atoms with van der Waals surface area (Å²) in [6.45, 7) is 6.02. The lowest BCUT2D eigenvalue weighted by atomic mass is 10.0. The number of unbranched alkanes of at least 4 members (excludes halogenated alkanes) is 2. The summed E-state index contributed by atoms with van der Waals surface area (Å²) in [6, 6.07) is 21.0. The first kappa shape index (κ1) is 24.1. The summed E-state index contributed by atoms with van der Waals surface area (Å²) in [5.74, 6) is 1.10. The second kappa shape index (κ2) is 13.1. The SMILES string of the molecule is CCCCCC(=O)NCCCSc1nc(-c2ccccc2)c(-c2ccccc2)n1CCC. The van der Waals surface area contributed by atoms with Gasteiger partial charge in [0.15, 0.2) is 5.16 Å². The molecule has 1 N–H and O–H groups in total. The summed E-state index contributed by atoms with van der Waals surface area (Å²) in [4.78, 5) is 17.0. The first-order chi connectivity index (χ1) is 15.7. The van der Waals surface area contributed by atoms with Crippen LogP contribution in [0.15, 0.2) is 65.8 Å². The molecule has 0 spiro atoms. The van der Waals surface area contributed by atoms with Crippen molar-refractivity contribution in [3.05, 3.63) is 60.7 Å². The molecule has 1 amide bonds. The molecule has 2 aromatic carbocycles. The number of thioether (sulfide) groups is 1. The fraction of sp³-hybridized carbons (Fsp3) is 0.407. The molecule has 0 fully saturated rings. The van der Waals surface area contributed by atoms with Crippen LogP contribution in [0.25, 0.3) is 22.5 Å². The molecule has 3 rings (SSSR count). The number of nitrogens with zero attached hydrogens (tertiary/aromatic N) is 2. The van der Waals surface area contributed by atoms with E-state index < -0.39 is 0 Å². The number of rotatable bonds is 13. The van der Waals surface area contributed by atoms with Crippen LogP contribution >= 0.6 is 11.8 Å². The Morgan fingerprint density at radius 2 is 1.59 bits per heavy atom. The van der Waals surface area contributed by atoms with Crippen LogP contribution in [0.1, 0.15) is 52.4 Å². The van der Waals surface area contributed by atoms with E-state index in [-0.39, 0.29) is 5.91 Å². The van der Waals surface area contributed by atoms with Gasteiger partial charge in [0.2, 0.25) is 5.91 Å². The Labute approximate surface area is 196 Å². The molecule has 4 nitrogen and oxygen atoms in total. The van der Waals surface area contributed by atoms with Crippen molar-refractivity contribution < 1.29 is 4.79 Å². The van der Waals surface area contributed by atoms with E-state index in [1.165, 1.54) is 11.3 Å². The van der Waals surface area contributed by atoms with Crippen molar-refractivity contribution in [2.75, 3.05) is 12.3 Å². The number of imidazole rings is 1. The van der Waals surface area contributed by atoms with Gasteiger partial charge in [-0.2, -0.15) is 0 Å². The molecule has 0 atom stereocenters. The van der Waals surface area contributed by atoms with Crippen LogP contribution in [0.5, 0.6) is 0 Å². The van der Waals surface area contributed by atoms with Crippen molar-refractivity contribution in [3.63, 3.8) is 0 Å². The van der Waals surface area contributed by atoms with Gasteiger partial charge in [0.1, 0.15) is 0 Å². The van der Waals surface area contributed by atoms with Crippen molar-refractivity contribution in [2.45, 2.75) is 64.1 Å². The largest absolute Gasteiger partial charge is 0.356 e. The number of amides is 1. The predicted molar refractivity (Wildman–Crippen MR) is 136 cm³/mol. The third-order valence-corrected chi connectivity index (χ3v) is 6.42. The van der Waals surface area contributed by atoms with Gasteiger partial charge in [0.25, 0.3) is 0 Å². The van der Waals surface area contributed by atoms with E-state index in [1.807, 2.05) is 6.07 Å². The van der Waals surface area contributed by atoms with Gasteiger partial charge in [-0.15, -0.1) is 0 Å². The first-order valence-electron chi connectivity index (χ1n) is 11.9. The minimum Gasteiger partial charge on any atom is -0.356 e. The van der Waals surface area contributed by atoms with Crippen LogP contribution in [0.2, 0.25) is 0 Å². The summed E-state index contributed by atoms with van der Waals surface area (Å²) >= 11 is 1.79. The Morgan fingerprint density at radius 3 is 2.25 bits per heavy atom. The van der Waals surface area contributed by atoms with E-state index in [4.69, 9.17) is 4.98 Å². The Balaban J connectivity index is 1.73. The number of nitrogens with one attached hydrogen (secondary N) is 1. The minimum absolute atomic E-state index is 0.175. The fourth-order valence-electron chi connectivity index (χ4n) is 3.75. The molecule has 0 aliphatic heterocycles. The van der Waals surface area contributed by atoms with Gasteiger partial charge in [0, 0.05) is 36.4 Å². The predicted octanol–water partition coefficient (Wildman–Crippen LogP) is 6.81. The molecule has 0 radical (unpaired) electrons. The van der Waals surface area contributed by atoms with Crippen molar-refractivity contribution >= 4 is 17.7 Å². The standard InChI is InChI=1S/C27H35N3OS/c1-3-5-8-18-24(31)28-19-13-21-32-27-29-25(22-14-9-6-10-15-22)26(30(27)20-4-2)23-16-11-7-12-17-23/h6-7,9-12,14-17H,3-5,8,13,18-21H2,1-2H3,(H,28,31). The number of carbonyl (C=O) groups excluding carboxylic acids is 1. The van der Waals surface area contributed by atoms with Crippen molar-refractivity contribution in [1.29, 1.82) is 0 Å². The summed E-state index contributed by atoms with van der Waals surface area (Å²) in [6.07, 6.45) is 5.87. The summed E-state index contributed by atoms with van der Waals surface area (Å²) in [5.41, 5.74) is 4.56. The second-order valence-corrected chi connectivity index (χ2v) is 9.05. The van der Waals surface area contributed by atoms with Gasteiger partial charge in [-0.3, -0.25) is 4.79 Å². The number of hydrogen-bond acceptors (Lipinski definition) is 3. The molecular formula is C27H35N3OS. The van der Waals surface area contributed by atoms with Crippen LogP contribution in [0.3, 0.4) is 0 Å². The zero-order valence-corrected chi connectivity index (χ0v) is 20.2. The maximum atomic E-state index is 11.9. The number of aromatic nitrogens is 2. The third-order valence-electron chi connectivity index (χ3n) is 5.36. The monoisotopic (exact) mass is 449 g/mol. The molecular weight excluding hydrogens is 414 g/mol. The lowest BCUT2D eigenvalue weighted by Crippen LogP contribution is -2.24. The van der Waals surface area contributed by atoms with Crippen LogP contribution in [0, 0.1) is 0 Å². The van der Waals surface area contributed by atoms with Gasteiger partial charge in [0.05, 0.1) is 11.4 Å². The average Bonchev–Trinajstić information content (AvgIpc) is 3.18. The fourth-order valence-corrected chi connectivity index (χ4v) is 4.71. The smallest absolute Gasteiger partial charge is 0.219 e. The quantitative estimate of drug-likeness (QED) is 0.230. The van der Waals surface area contributed by atoms with Gasteiger partial charge in [-0.25, -0.2) is 4.98 Å². The van der Waals surface area contributed by atoms with Gasteiger partial charge in [-0.05, 0) is 19.3 Å². The second-order valence-electron chi connectivity index (χ2n) is 7.98. The van der Waals surface area contributed by atoms with Crippen molar-refractivity contribution in [2.24, 2.45) is 0 Å². The minimum atomic E-state index is 0.175. The molecule has 0 aliphatic carbocycles. The summed E-state index contributed by atoms with van der Waals surface area (Å²) < 4.78 is 2.37. The maximum absolute atomic E-state index is 11.9. The van der Waals surface area contributed by atoms with Gasteiger partial charge < -0.3 is 9.88 Å². The number of hydrogen-bond donors (Lipinski definition) is 1. The highest BCUT2D eigenvalue weighted by Crippen LogP contribution is 2.36. The van der Waals surface area contributed by atoms with Gasteiger partial charge in [-0.1, -0.05) is 99.1 Å². The highest BCUT2D eigenvalue weighted by molar-refractivity contribution is 7.99. The molecule has 32 heavy (non-hydrogen) atoms. The Bertz CT molecular complexity index is 954. The van der Waals surface area contributed by atoms with Crippen LogP contribution in [0.4, 0.5) is 0 Å². The molecule has 0 saturated heterocycles. The molecule has 5 heteroatoms. The van der Waals surface area contributed by atoms with E-state index in [1.54, 1.807) is 11.8 Å². The van der Waals surface area contributed by atoms with E-state index >= 15 is 0 Å². The van der Waals surface area contributed by atoms with E-state index in [2.05, 4.69) is 78.3 Å². The van der Waals surface area contributed by atoms with E-state index in [0.717, 1.165) is 67.4 Å². The zero-order chi connectivity index (χ0) is 22.6. The average molecular weight is 450 g/mol. The van der Waals surface area contributed by atoms with Crippen molar-refractivity contribution in [3.8, 4) is 22.5 Å². The van der Waals surface area contributed by atoms with Crippen LogP contribution < -0.4 is 5.32 Å². The van der Waals surface area contributed by atoms with E-state index in [9.17, 15) is 4.79 Å². The van der Waals surface area contributed by atoms with Crippen LogP contribution in [-0.4, -0.2) is 27.8 Å². The summed E-state index contributed by atoms with van der Waals surface area (Å²) in [7, 11) is 0. The Morgan fingerprint density at radius 1 is 0.906 bits per heavy atom. The zero-order valence-electron chi connectivity index (χ0n) is 19.3. The number of benzene rings is 2. The molecule has 170 valence electrons. The molecule has 0 saturated carbocycles. The summed E-state index contributed by atoms with van der Waals surface area (Å²) in [5, 5.41) is 4.11. The molecule has 1 aromatic heterocycles.